The number of hydrogen-bond acceptors (Lipinski definition) is 3. The second-order valence-electron chi connectivity index (χ2n) is 3.49. The Bertz CT molecular complexity index is 436. The van der Waals surface area contributed by atoms with E-state index in [2.05, 4.69) is 10.9 Å². The lowest BCUT2D eigenvalue weighted by Gasteiger charge is -2.16. The minimum absolute atomic E-state index is 0.0108. The first-order valence-electron chi connectivity index (χ1n) is 4.69. The SMILES string of the molecule is C#CC1CC(=O)N(c2ncccc2N)C1. The van der Waals surface area contributed by atoms with Crippen molar-refractivity contribution in [2.75, 3.05) is 17.2 Å². The second kappa shape index (κ2) is 3.62. The number of rotatable bonds is 1. The summed E-state index contributed by atoms with van der Waals surface area (Å²) in [4.78, 5) is 17.3. The van der Waals surface area contributed by atoms with Gasteiger partial charge in [-0.1, -0.05) is 0 Å². The largest absolute Gasteiger partial charge is 0.396 e. The van der Waals surface area contributed by atoms with E-state index in [9.17, 15) is 4.79 Å². The van der Waals surface area contributed by atoms with Gasteiger partial charge in [-0.2, -0.15) is 0 Å². The fraction of sp³-hybridized carbons (Fsp3) is 0.273. The van der Waals surface area contributed by atoms with E-state index in [4.69, 9.17) is 12.2 Å². The topological polar surface area (TPSA) is 59.2 Å². The monoisotopic (exact) mass is 201 g/mol. The van der Waals surface area contributed by atoms with Crippen molar-refractivity contribution in [3.8, 4) is 12.3 Å². The number of terminal acetylenes is 1. The molecular weight excluding hydrogens is 190 g/mol. The first kappa shape index (κ1) is 9.53. The zero-order valence-electron chi connectivity index (χ0n) is 8.18. The van der Waals surface area contributed by atoms with Crippen LogP contribution in [0, 0.1) is 18.3 Å². The van der Waals surface area contributed by atoms with Crippen LogP contribution in [0.25, 0.3) is 0 Å². The van der Waals surface area contributed by atoms with Gasteiger partial charge in [0.25, 0.3) is 0 Å². The minimum Gasteiger partial charge on any atom is -0.396 e. The van der Waals surface area contributed by atoms with Gasteiger partial charge in [-0.3, -0.25) is 9.69 Å². The molecule has 0 bridgehead atoms. The van der Waals surface area contributed by atoms with Crippen molar-refractivity contribution in [2.45, 2.75) is 6.42 Å². The van der Waals surface area contributed by atoms with Crippen molar-refractivity contribution in [3.05, 3.63) is 18.3 Å². The molecule has 1 atom stereocenters. The highest BCUT2D eigenvalue weighted by molar-refractivity contribution is 5.97. The summed E-state index contributed by atoms with van der Waals surface area (Å²) in [5, 5.41) is 0. The number of anilines is 2. The molecule has 1 aliphatic heterocycles. The van der Waals surface area contributed by atoms with Crippen LogP contribution in [-0.2, 0) is 4.79 Å². The Balaban J connectivity index is 2.30. The van der Waals surface area contributed by atoms with Gasteiger partial charge < -0.3 is 5.73 Å². The standard InChI is InChI=1S/C11H11N3O/c1-2-8-6-10(15)14(7-8)11-9(12)4-3-5-13-11/h1,3-5,8H,6-7,12H2. The summed E-state index contributed by atoms with van der Waals surface area (Å²) in [5.74, 6) is 3.06. The lowest BCUT2D eigenvalue weighted by Crippen LogP contribution is -2.26. The molecule has 76 valence electrons. The van der Waals surface area contributed by atoms with E-state index in [0.29, 0.717) is 24.5 Å². The van der Waals surface area contributed by atoms with Crippen molar-refractivity contribution >= 4 is 17.4 Å². The third-order valence-electron chi connectivity index (χ3n) is 2.43. The van der Waals surface area contributed by atoms with E-state index < -0.39 is 0 Å². The molecule has 0 radical (unpaired) electrons. The zero-order chi connectivity index (χ0) is 10.8. The Morgan fingerprint density at radius 1 is 1.67 bits per heavy atom. The third kappa shape index (κ3) is 1.64. The maximum absolute atomic E-state index is 11.6. The highest BCUT2D eigenvalue weighted by Crippen LogP contribution is 2.26. The minimum atomic E-state index is -0.0288. The van der Waals surface area contributed by atoms with E-state index in [1.807, 2.05) is 0 Å². The van der Waals surface area contributed by atoms with Gasteiger partial charge >= 0.3 is 0 Å². The Labute approximate surface area is 88.1 Å². The molecule has 1 aliphatic rings. The maximum atomic E-state index is 11.6. The number of nitrogens with zero attached hydrogens (tertiary/aromatic N) is 2. The van der Waals surface area contributed by atoms with Gasteiger partial charge in [-0.25, -0.2) is 4.98 Å². The summed E-state index contributed by atoms with van der Waals surface area (Å²) in [5.41, 5.74) is 6.24. The Hall–Kier alpha value is -2.02. The van der Waals surface area contributed by atoms with Crippen LogP contribution in [0.3, 0.4) is 0 Å². The van der Waals surface area contributed by atoms with Gasteiger partial charge in [0, 0.05) is 25.1 Å². The highest BCUT2D eigenvalue weighted by Gasteiger charge is 2.30. The van der Waals surface area contributed by atoms with Gasteiger partial charge in [0.15, 0.2) is 5.82 Å². The molecule has 2 rings (SSSR count). The van der Waals surface area contributed by atoms with Crippen LogP contribution in [0.1, 0.15) is 6.42 Å². The lowest BCUT2D eigenvalue weighted by atomic mass is 10.1. The fourth-order valence-electron chi connectivity index (χ4n) is 1.66. The molecule has 4 heteroatoms. The van der Waals surface area contributed by atoms with Gasteiger partial charge in [0.05, 0.1) is 5.69 Å². The van der Waals surface area contributed by atoms with E-state index in [0.717, 1.165) is 0 Å². The number of nitrogen functional groups attached to an aromatic ring is 1. The number of nitrogens with two attached hydrogens (primary N) is 1. The maximum Gasteiger partial charge on any atom is 0.229 e. The molecule has 4 nitrogen and oxygen atoms in total. The molecule has 2 heterocycles. The average molecular weight is 201 g/mol. The quantitative estimate of drug-likeness (QED) is 0.679. The van der Waals surface area contributed by atoms with Crippen LogP contribution < -0.4 is 10.6 Å². The average Bonchev–Trinajstić information content (AvgIpc) is 2.60. The van der Waals surface area contributed by atoms with Crippen LogP contribution >= 0.6 is 0 Å². The van der Waals surface area contributed by atoms with Crippen LogP contribution in [0.4, 0.5) is 11.5 Å². The number of hydrogen-bond donors (Lipinski definition) is 1. The first-order valence-corrected chi connectivity index (χ1v) is 4.69. The highest BCUT2D eigenvalue weighted by atomic mass is 16.2. The molecule has 1 amide bonds. The van der Waals surface area contributed by atoms with E-state index in [-0.39, 0.29) is 11.8 Å². The first-order chi connectivity index (χ1) is 7.22. The van der Waals surface area contributed by atoms with E-state index >= 15 is 0 Å². The zero-order valence-corrected chi connectivity index (χ0v) is 8.18. The molecule has 0 spiro atoms. The van der Waals surface area contributed by atoms with Crippen molar-refractivity contribution < 1.29 is 4.79 Å². The molecule has 1 aromatic rings. The van der Waals surface area contributed by atoms with Gasteiger partial charge in [-0.05, 0) is 12.1 Å². The van der Waals surface area contributed by atoms with Crippen LogP contribution in [0.15, 0.2) is 18.3 Å². The number of carbonyl (C=O) groups is 1. The molecular formula is C11H11N3O. The van der Waals surface area contributed by atoms with Crippen molar-refractivity contribution in [2.24, 2.45) is 5.92 Å². The summed E-state index contributed by atoms with van der Waals surface area (Å²) >= 11 is 0. The molecule has 1 saturated heterocycles. The predicted molar refractivity (Wildman–Crippen MR) is 57.9 cm³/mol. The van der Waals surface area contributed by atoms with Crippen molar-refractivity contribution in [1.82, 2.24) is 4.98 Å². The molecule has 0 saturated carbocycles. The van der Waals surface area contributed by atoms with Crippen LogP contribution in [0.5, 0.6) is 0 Å². The van der Waals surface area contributed by atoms with Crippen LogP contribution in [-0.4, -0.2) is 17.4 Å². The molecule has 0 aromatic carbocycles. The number of aromatic nitrogens is 1. The Morgan fingerprint density at radius 3 is 3.07 bits per heavy atom. The second-order valence-corrected chi connectivity index (χ2v) is 3.49. The third-order valence-corrected chi connectivity index (χ3v) is 2.43. The molecule has 2 N–H and O–H groups in total. The van der Waals surface area contributed by atoms with E-state index in [1.165, 1.54) is 0 Å². The number of pyridine rings is 1. The van der Waals surface area contributed by atoms with Crippen molar-refractivity contribution in [1.29, 1.82) is 0 Å². The summed E-state index contributed by atoms with van der Waals surface area (Å²) < 4.78 is 0. The normalized spacial score (nSPS) is 20.3. The summed E-state index contributed by atoms with van der Waals surface area (Å²) in [6.07, 6.45) is 7.29. The predicted octanol–water partition coefficient (Wildman–Crippen LogP) is 0.650. The summed E-state index contributed by atoms with van der Waals surface area (Å²) in [6.45, 7) is 0.510. The smallest absolute Gasteiger partial charge is 0.229 e. The van der Waals surface area contributed by atoms with Gasteiger partial charge in [0.2, 0.25) is 5.91 Å². The molecule has 1 aromatic heterocycles. The number of amides is 1. The van der Waals surface area contributed by atoms with Gasteiger partial charge in [-0.15, -0.1) is 12.3 Å². The molecule has 0 aliphatic carbocycles. The summed E-state index contributed by atoms with van der Waals surface area (Å²) in [7, 11) is 0. The lowest BCUT2D eigenvalue weighted by molar-refractivity contribution is -0.117. The van der Waals surface area contributed by atoms with Gasteiger partial charge in [0.1, 0.15) is 0 Å². The Morgan fingerprint density at radius 2 is 2.47 bits per heavy atom. The number of carbonyl (C=O) groups excluding carboxylic acids is 1. The van der Waals surface area contributed by atoms with E-state index in [1.54, 1.807) is 23.2 Å². The van der Waals surface area contributed by atoms with Crippen LogP contribution in [0.2, 0.25) is 0 Å². The molecule has 1 unspecified atom stereocenters. The Kier molecular flexibility index (Phi) is 2.30. The molecule has 1 fully saturated rings. The summed E-state index contributed by atoms with van der Waals surface area (Å²) in [6, 6.07) is 3.46. The molecule has 15 heavy (non-hydrogen) atoms. The fourth-order valence-corrected chi connectivity index (χ4v) is 1.66. The van der Waals surface area contributed by atoms with Crippen molar-refractivity contribution in [3.63, 3.8) is 0 Å².